The number of aryl methyl sites for hydroxylation is 1. The van der Waals surface area contributed by atoms with E-state index < -0.39 is 10.0 Å². The molecule has 0 aliphatic carbocycles. The molecule has 0 amide bonds. The van der Waals surface area contributed by atoms with E-state index in [1.165, 1.54) is 17.9 Å². The Labute approximate surface area is 96.3 Å². The smallest absolute Gasteiger partial charge is 0.260 e. The number of aromatic nitrogens is 6. The third kappa shape index (κ3) is 2.24. The second-order valence-corrected chi connectivity index (χ2v) is 4.88. The Balaban J connectivity index is 2.20. The summed E-state index contributed by atoms with van der Waals surface area (Å²) in [6, 6.07) is 0. The SMILES string of the molecule is Cn1cnc(N)c1S(=O)(=O)NCc1nn[nH]n1. The van der Waals surface area contributed by atoms with Crippen LogP contribution in [0.5, 0.6) is 0 Å². The summed E-state index contributed by atoms with van der Waals surface area (Å²) in [7, 11) is -2.22. The molecule has 0 bridgehead atoms. The lowest BCUT2D eigenvalue weighted by Crippen LogP contribution is -2.26. The number of tetrazole rings is 1. The summed E-state index contributed by atoms with van der Waals surface area (Å²) in [6.45, 7) is -0.0799. The van der Waals surface area contributed by atoms with Crippen LogP contribution in [0.2, 0.25) is 0 Å². The van der Waals surface area contributed by atoms with Crippen LogP contribution in [0.3, 0.4) is 0 Å². The van der Waals surface area contributed by atoms with Gasteiger partial charge in [-0.15, -0.1) is 10.2 Å². The van der Waals surface area contributed by atoms with Gasteiger partial charge in [-0.25, -0.2) is 18.1 Å². The normalized spacial score (nSPS) is 11.8. The molecule has 0 aliphatic rings. The van der Waals surface area contributed by atoms with Crippen LogP contribution in [0, 0.1) is 0 Å². The van der Waals surface area contributed by atoms with Crippen LogP contribution in [0.25, 0.3) is 0 Å². The second-order valence-electron chi connectivity index (χ2n) is 3.20. The average molecular weight is 258 g/mol. The topological polar surface area (TPSA) is 144 Å². The highest BCUT2D eigenvalue weighted by atomic mass is 32.2. The lowest BCUT2D eigenvalue weighted by Gasteiger charge is -2.05. The summed E-state index contributed by atoms with van der Waals surface area (Å²) in [5, 5.41) is 12.7. The number of anilines is 1. The lowest BCUT2D eigenvalue weighted by atomic mass is 10.7. The predicted molar refractivity (Wildman–Crippen MR) is 55.8 cm³/mol. The molecule has 0 spiro atoms. The van der Waals surface area contributed by atoms with Crippen molar-refractivity contribution in [2.75, 3.05) is 5.73 Å². The third-order valence-corrected chi connectivity index (χ3v) is 3.50. The summed E-state index contributed by atoms with van der Waals surface area (Å²) in [6.07, 6.45) is 1.32. The van der Waals surface area contributed by atoms with Gasteiger partial charge in [0.2, 0.25) is 0 Å². The Kier molecular flexibility index (Phi) is 2.77. The van der Waals surface area contributed by atoms with E-state index in [1.807, 2.05) is 0 Å². The molecule has 0 saturated heterocycles. The van der Waals surface area contributed by atoms with Crippen molar-refractivity contribution < 1.29 is 8.42 Å². The van der Waals surface area contributed by atoms with Gasteiger partial charge >= 0.3 is 0 Å². The zero-order valence-corrected chi connectivity index (χ0v) is 9.64. The molecule has 0 fully saturated rings. The minimum atomic E-state index is -3.75. The fourth-order valence-electron chi connectivity index (χ4n) is 1.25. The number of aromatic amines is 1. The number of nitrogens with one attached hydrogen (secondary N) is 2. The number of nitrogens with zero attached hydrogens (tertiary/aromatic N) is 5. The third-order valence-electron chi connectivity index (χ3n) is 1.97. The van der Waals surface area contributed by atoms with E-state index in [1.54, 1.807) is 0 Å². The molecule has 10 nitrogen and oxygen atoms in total. The molecule has 0 aromatic carbocycles. The van der Waals surface area contributed by atoms with Crippen LogP contribution in [0.4, 0.5) is 5.82 Å². The summed E-state index contributed by atoms with van der Waals surface area (Å²) < 4.78 is 27.4. The molecule has 2 aromatic rings. The molecular weight excluding hydrogens is 248 g/mol. The minimum Gasteiger partial charge on any atom is -0.381 e. The first-order valence-corrected chi connectivity index (χ1v) is 5.98. The first kappa shape index (κ1) is 11.5. The number of hydrogen-bond donors (Lipinski definition) is 3. The second kappa shape index (κ2) is 4.10. The molecule has 2 aromatic heterocycles. The summed E-state index contributed by atoms with van der Waals surface area (Å²) >= 11 is 0. The molecule has 0 unspecified atom stereocenters. The van der Waals surface area contributed by atoms with E-state index in [9.17, 15) is 8.42 Å². The summed E-state index contributed by atoms with van der Waals surface area (Å²) in [5.41, 5.74) is 5.48. The van der Waals surface area contributed by atoms with Gasteiger partial charge in [-0.05, 0) is 0 Å². The van der Waals surface area contributed by atoms with Crippen molar-refractivity contribution >= 4 is 15.8 Å². The quantitative estimate of drug-likeness (QED) is 0.574. The Morgan fingerprint density at radius 1 is 1.59 bits per heavy atom. The van der Waals surface area contributed by atoms with Crippen molar-refractivity contribution in [1.29, 1.82) is 0 Å². The number of hydrogen-bond acceptors (Lipinski definition) is 7. The average Bonchev–Trinajstić information content (AvgIpc) is 2.86. The van der Waals surface area contributed by atoms with Crippen LogP contribution in [-0.2, 0) is 23.6 Å². The van der Waals surface area contributed by atoms with E-state index in [0.717, 1.165) is 0 Å². The largest absolute Gasteiger partial charge is 0.381 e. The van der Waals surface area contributed by atoms with Crippen LogP contribution in [-0.4, -0.2) is 38.6 Å². The van der Waals surface area contributed by atoms with Gasteiger partial charge in [0, 0.05) is 7.05 Å². The molecule has 0 radical (unpaired) electrons. The first-order chi connectivity index (χ1) is 8.00. The molecule has 92 valence electrons. The standard InChI is InChI=1S/C6H10N8O2S/c1-14-3-8-5(7)6(14)17(15,16)9-2-4-10-12-13-11-4/h3,9H,2,7H2,1H3,(H,10,11,12,13). The van der Waals surface area contributed by atoms with Gasteiger partial charge in [-0.3, -0.25) is 0 Å². The van der Waals surface area contributed by atoms with Gasteiger partial charge in [0.15, 0.2) is 16.7 Å². The van der Waals surface area contributed by atoms with Crippen molar-refractivity contribution in [3.05, 3.63) is 12.2 Å². The van der Waals surface area contributed by atoms with Crippen molar-refractivity contribution in [3.63, 3.8) is 0 Å². The Hall–Kier alpha value is -2.01. The molecule has 4 N–H and O–H groups in total. The Morgan fingerprint density at radius 2 is 2.35 bits per heavy atom. The zero-order valence-electron chi connectivity index (χ0n) is 8.82. The highest BCUT2D eigenvalue weighted by molar-refractivity contribution is 7.89. The summed E-state index contributed by atoms with van der Waals surface area (Å²) in [4.78, 5) is 3.70. The molecule has 2 heterocycles. The van der Waals surface area contributed by atoms with E-state index in [0.29, 0.717) is 0 Å². The van der Waals surface area contributed by atoms with E-state index in [4.69, 9.17) is 5.73 Å². The molecule has 11 heteroatoms. The van der Waals surface area contributed by atoms with Crippen LogP contribution >= 0.6 is 0 Å². The molecular formula is C6H10N8O2S. The molecule has 17 heavy (non-hydrogen) atoms. The highest BCUT2D eigenvalue weighted by Crippen LogP contribution is 2.14. The van der Waals surface area contributed by atoms with Gasteiger partial charge in [-0.1, -0.05) is 5.21 Å². The number of sulfonamides is 1. The van der Waals surface area contributed by atoms with Gasteiger partial charge in [0.1, 0.15) is 0 Å². The number of nitrogens with two attached hydrogens (primary N) is 1. The molecule has 0 aliphatic heterocycles. The van der Waals surface area contributed by atoms with Crippen LogP contribution < -0.4 is 10.5 Å². The monoisotopic (exact) mass is 258 g/mol. The van der Waals surface area contributed by atoms with Gasteiger partial charge in [0.25, 0.3) is 10.0 Å². The number of imidazole rings is 1. The first-order valence-electron chi connectivity index (χ1n) is 4.49. The van der Waals surface area contributed by atoms with Crippen LogP contribution in [0.1, 0.15) is 5.82 Å². The maximum atomic E-state index is 11.9. The van der Waals surface area contributed by atoms with E-state index in [2.05, 4.69) is 30.3 Å². The van der Waals surface area contributed by atoms with Crippen molar-refractivity contribution in [2.45, 2.75) is 11.6 Å². The number of rotatable bonds is 4. The van der Waals surface area contributed by atoms with Crippen LogP contribution in [0.15, 0.2) is 11.4 Å². The molecule has 2 rings (SSSR count). The maximum Gasteiger partial charge on any atom is 0.260 e. The minimum absolute atomic E-state index is 0.0619. The number of nitrogen functional groups attached to an aromatic ring is 1. The molecule has 0 saturated carbocycles. The fraction of sp³-hybridized carbons (Fsp3) is 0.333. The Morgan fingerprint density at radius 3 is 2.88 bits per heavy atom. The van der Waals surface area contributed by atoms with Gasteiger partial charge in [-0.2, -0.15) is 5.21 Å². The van der Waals surface area contributed by atoms with E-state index >= 15 is 0 Å². The highest BCUT2D eigenvalue weighted by Gasteiger charge is 2.22. The molecule has 0 atom stereocenters. The van der Waals surface area contributed by atoms with Crippen molar-refractivity contribution in [1.82, 2.24) is 34.9 Å². The van der Waals surface area contributed by atoms with E-state index in [-0.39, 0.29) is 23.2 Å². The maximum absolute atomic E-state index is 11.9. The van der Waals surface area contributed by atoms with Crippen molar-refractivity contribution in [2.24, 2.45) is 7.05 Å². The predicted octanol–water partition coefficient (Wildman–Crippen LogP) is -2.01. The summed E-state index contributed by atoms with van der Waals surface area (Å²) in [5.74, 6) is 0.169. The zero-order chi connectivity index (χ0) is 12.5. The fourth-order valence-corrected chi connectivity index (χ4v) is 2.46. The Bertz CT molecular complexity index is 581. The lowest BCUT2D eigenvalue weighted by molar-refractivity contribution is 0.569. The van der Waals surface area contributed by atoms with Crippen molar-refractivity contribution in [3.8, 4) is 0 Å². The van der Waals surface area contributed by atoms with Gasteiger partial charge < -0.3 is 10.3 Å². The number of H-pyrrole nitrogens is 1. The van der Waals surface area contributed by atoms with Gasteiger partial charge in [0.05, 0.1) is 12.9 Å².